The van der Waals surface area contributed by atoms with Crippen molar-refractivity contribution in [1.29, 1.82) is 0 Å². The summed E-state index contributed by atoms with van der Waals surface area (Å²) in [6.07, 6.45) is 3.34. The number of para-hydroxylation sites is 1. The summed E-state index contributed by atoms with van der Waals surface area (Å²) in [6.45, 7) is 8.24. The van der Waals surface area contributed by atoms with E-state index < -0.39 is 0 Å². The third-order valence-electron chi connectivity index (χ3n) is 4.21. The quantitative estimate of drug-likeness (QED) is 0.306. The van der Waals surface area contributed by atoms with Gasteiger partial charge in [0, 0.05) is 18.1 Å². The van der Waals surface area contributed by atoms with Crippen LogP contribution in [0.25, 0.3) is 16.6 Å². The number of carbonyl (C=O) groups is 1. The Morgan fingerprint density at radius 1 is 1.10 bits per heavy atom. The zero-order valence-electron chi connectivity index (χ0n) is 15.8. The topological polar surface area (TPSA) is 55.2 Å². The van der Waals surface area contributed by atoms with Gasteiger partial charge in [0.1, 0.15) is 0 Å². The molecule has 0 unspecified atom stereocenters. The van der Waals surface area contributed by atoms with Gasteiger partial charge in [0.15, 0.2) is 5.16 Å². The molecule has 0 radical (unpaired) electrons. The van der Waals surface area contributed by atoms with Gasteiger partial charge in [0.2, 0.25) is 5.91 Å². The number of hydrogen-bond donors (Lipinski definition) is 0. The van der Waals surface area contributed by atoms with Gasteiger partial charge in [-0.1, -0.05) is 47.6 Å². The third-order valence-corrected chi connectivity index (χ3v) is 5.38. The maximum absolute atomic E-state index is 13.2. The Balaban J connectivity index is 2.01. The second kappa shape index (κ2) is 9.58. The van der Waals surface area contributed by atoms with E-state index in [4.69, 9.17) is 11.6 Å². The minimum absolute atomic E-state index is 0.0835. The fraction of sp³-hybridized carbons (Fsp3) is 0.136. The molecule has 1 aromatic heterocycles. The van der Waals surface area contributed by atoms with Crippen molar-refractivity contribution in [3.63, 3.8) is 0 Å². The van der Waals surface area contributed by atoms with Crippen LogP contribution in [0.15, 0.2) is 83.8 Å². The van der Waals surface area contributed by atoms with Gasteiger partial charge >= 0.3 is 0 Å². The normalized spacial score (nSPS) is 10.7. The first-order valence-corrected chi connectivity index (χ1v) is 10.3. The summed E-state index contributed by atoms with van der Waals surface area (Å²) in [5.41, 5.74) is 1.04. The molecule has 0 atom stereocenters. The second-order valence-corrected chi connectivity index (χ2v) is 7.57. The van der Waals surface area contributed by atoms with E-state index in [-0.39, 0.29) is 17.2 Å². The van der Waals surface area contributed by atoms with Crippen molar-refractivity contribution in [1.82, 2.24) is 14.5 Å². The highest BCUT2D eigenvalue weighted by Gasteiger charge is 2.17. The summed E-state index contributed by atoms with van der Waals surface area (Å²) in [6, 6.07) is 14.1. The molecule has 3 rings (SSSR count). The molecule has 2 aromatic carbocycles. The Labute approximate surface area is 178 Å². The van der Waals surface area contributed by atoms with Crippen molar-refractivity contribution in [3.8, 4) is 5.69 Å². The molecule has 0 fully saturated rings. The van der Waals surface area contributed by atoms with Crippen LogP contribution in [-0.2, 0) is 4.79 Å². The van der Waals surface area contributed by atoms with Crippen molar-refractivity contribution in [3.05, 3.63) is 89.2 Å². The van der Waals surface area contributed by atoms with Crippen LogP contribution < -0.4 is 5.56 Å². The zero-order valence-corrected chi connectivity index (χ0v) is 17.3. The molecule has 0 aliphatic rings. The van der Waals surface area contributed by atoms with Gasteiger partial charge in [-0.2, -0.15) is 0 Å². The standard InChI is InChI=1S/C22H20ClN3O2S/c1-3-13-25(14-4-2)20(27)15-29-22-24-19-8-6-5-7-18(19)21(28)26(22)17-11-9-16(23)10-12-17/h3-12H,1-2,13-15H2. The van der Waals surface area contributed by atoms with E-state index in [0.29, 0.717) is 39.9 Å². The Bertz CT molecular complexity index is 1100. The average molecular weight is 426 g/mol. The fourth-order valence-corrected chi connectivity index (χ4v) is 3.88. The van der Waals surface area contributed by atoms with Crippen LogP contribution in [-0.4, -0.2) is 39.2 Å². The molecule has 3 aromatic rings. The summed E-state index contributed by atoms with van der Waals surface area (Å²) < 4.78 is 1.52. The van der Waals surface area contributed by atoms with Gasteiger partial charge in [-0.25, -0.2) is 4.98 Å². The molecule has 0 aliphatic carbocycles. The van der Waals surface area contributed by atoms with Crippen molar-refractivity contribution in [2.45, 2.75) is 5.16 Å². The molecule has 0 bridgehead atoms. The Morgan fingerprint density at radius 3 is 2.41 bits per heavy atom. The largest absolute Gasteiger partial charge is 0.335 e. The predicted molar refractivity (Wildman–Crippen MR) is 120 cm³/mol. The molecule has 0 aliphatic heterocycles. The van der Waals surface area contributed by atoms with Crippen LogP contribution in [0.2, 0.25) is 5.02 Å². The van der Waals surface area contributed by atoms with Crippen LogP contribution in [0.1, 0.15) is 0 Å². The van der Waals surface area contributed by atoms with Gasteiger partial charge < -0.3 is 4.90 Å². The van der Waals surface area contributed by atoms with Crippen LogP contribution in [0, 0.1) is 0 Å². The number of amides is 1. The van der Waals surface area contributed by atoms with Crippen LogP contribution in [0.4, 0.5) is 0 Å². The predicted octanol–water partition coefficient (Wildman–Crippen LogP) is 4.33. The molecule has 1 heterocycles. The maximum Gasteiger partial charge on any atom is 0.266 e. The smallest absolute Gasteiger partial charge is 0.266 e. The highest BCUT2D eigenvalue weighted by Crippen LogP contribution is 2.22. The van der Waals surface area contributed by atoms with E-state index in [2.05, 4.69) is 18.1 Å². The molecule has 148 valence electrons. The lowest BCUT2D eigenvalue weighted by Gasteiger charge is -2.19. The summed E-state index contributed by atoms with van der Waals surface area (Å²) in [5.74, 6) is 0.0555. The molecular formula is C22H20ClN3O2S. The van der Waals surface area contributed by atoms with Gasteiger partial charge in [0.05, 0.1) is 22.3 Å². The second-order valence-electron chi connectivity index (χ2n) is 6.19. The van der Waals surface area contributed by atoms with Gasteiger partial charge in [-0.05, 0) is 36.4 Å². The van der Waals surface area contributed by atoms with Gasteiger partial charge in [-0.15, -0.1) is 13.2 Å². The van der Waals surface area contributed by atoms with Crippen LogP contribution in [0.3, 0.4) is 0 Å². The number of nitrogens with zero attached hydrogens (tertiary/aromatic N) is 3. The van der Waals surface area contributed by atoms with E-state index in [0.717, 1.165) is 0 Å². The summed E-state index contributed by atoms with van der Waals surface area (Å²) in [7, 11) is 0. The lowest BCUT2D eigenvalue weighted by atomic mass is 10.2. The number of rotatable bonds is 8. The van der Waals surface area contributed by atoms with Crippen molar-refractivity contribution in [2.75, 3.05) is 18.8 Å². The molecule has 0 saturated heterocycles. The number of thioether (sulfide) groups is 1. The minimum Gasteiger partial charge on any atom is -0.335 e. The number of fused-ring (bicyclic) bond motifs is 1. The van der Waals surface area contributed by atoms with E-state index in [9.17, 15) is 9.59 Å². The molecule has 1 amide bonds. The summed E-state index contributed by atoms with van der Waals surface area (Å²) >= 11 is 7.22. The van der Waals surface area contributed by atoms with Gasteiger partial charge in [-0.3, -0.25) is 14.2 Å². The summed E-state index contributed by atoms with van der Waals surface area (Å²) in [5, 5.41) is 1.53. The van der Waals surface area contributed by atoms with Crippen molar-refractivity contribution < 1.29 is 4.79 Å². The molecule has 5 nitrogen and oxygen atoms in total. The first-order valence-electron chi connectivity index (χ1n) is 8.95. The molecular weight excluding hydrogens is 406 g/mol. The number of benzene rings is 2. The van der Waals surface area contributed by atoms with E-state index in [1.54, 1.807) is 59.5 Å². The number of halogens is 1. The van der Waals surface area contributed by atoms with Crippen molar-refractivity contribution in [2.24, 2.45) is 0 Å². The lowest BCUT2D eigenvalue weighted by molar-refractivity contribution is -0.127. The monoisotopic (exact) mass is 425 g/mol. The molecule has 29 heavy (non-hydrogen) atoms. The first kappa shape index (κ1) is 20.9. The van der Waals surface area contributed by atoms with E-state index >= 15 is 0 Å². The summed E-state index contributed by atoms with van der Waals surface area (Å²) in [4.78, 5) is 32.1. The highest BCUT2D eigenvalue weighted by molar-refractivity contribution is 7.99. The molecule has 0 saturated carbocycles. The Hall–Kier alpha value is -2.83. The maximum atomic E-state index is 13.2. The Kier molecular flexibility index (Phi) is 6.90. The number of carbonyl (C=O) groups excluding carboxylic acids is 1. The van der Waals surface area contributed by atoms with Crippen LogP contribution >= 0.6 is 23.4 Å². The fourth-order valence-electron chi connectivity index (χ4n) is 2.83. The highest BCUT2D eigenvalue weighted by atomic mass is 35.5. The molecule has 0 spiro atoms. The SMILES string of the molecule is C=CCN(CC=C)C(=O)CSc1nc2ccccc2c(=O)n1-c1ccc(Cl)cc1. The lowest BCUT2D eigenvalue weighted by Crippen LogP contribution is -2.33. The van der Waals surface area contributed by atoms with Crippen LogP contribution in [0.5, 0.6) is 0 Å². The minimum atomic E-state index is -0.193. The van der Waals surface area contributed by atoms with Gasteiger partial charge in [0.25, 0.3) is 5.56 Å². The van der Waals surface area contributed by atoms with Crippen molar-refractivity contribution >= 4 is 40.2 Å². The van der Waals surface area contributed by atoms with E-state index in [1.165, 1.54) is 16.3 Å². The third kappa shape index (κ3) is 4.78. The molecule has 7 heteroatoms. The first-order chi connectivity index (χ1) is 14.0. The average Bonchev–Trinajstić information content (AvgIpc) is 2.73. The number of aromatic nitrogens is 2. The molecule has 0 N–H and O–H groups in total. The van der Waals surface area contributed by atoms with E-state index in [1.807, 2.05) is 6.07 Å². The Morgan fingerprint density at radius 2 is 1.76 bits per heavy atom. The number of hydrogen-bond acceptors (Lipinski definition) is 4. The zero-order chi connectivity index (χ0) is 20.8.